The minimum Gasteiger partial charge on any atom is -0.493 e. The van der Waals surface area contributed by atoms with Crippen LogP contribution in [0.1, 0.15) is 23.1 Å². The summed E-state index contributed by atoms with van der Waals surface area (Å²) < 4.78 is 13.0. The summed E-state index contributed by atoms with van der Waals surface area (Å²) in [6.07, 6.45) is 5.42. The molecule has 33 heavy (non-hydrogen) atoms. The zero-order chi connectivity index (χ0) is 23.5. The summed E-state index contributed by atoms with van der Waals surface area (Å²) in [7, 11) is 5.33. The fraction of sp³-hybridized carbons (Fsp3) is 0.333. The first kappa shape index (κ1) is 22.6. The van der Waals surface area contributed by atoms with Gasteiger partial charge in [-0.1, -0.05) is 29.8 Å². The van der Waals surface area contributed by atoms with Gasteiger partial charge in [-0.05, 0) is 56.5 Å². The van der Waals surface area contributed by atoms with Crippen molar-refractivity contribution in [3.05, 3.63) is 70.7 Å². The highest BCUT2D eigenvalue weighted by molar-refractivity contribution is 5.65. The number of methoxy groups -OCH3 is 2. The standard InChI is InChI=1S/C27H32N4O2/c1-18-14-19(2)26(20(3)15-18)29-25-17-22(21-10-11-23(32-5)24(16-21)33-6)28-27(30(25)4)31-12-8-7-9-13-31/h7-8,10-11,14-17H,9,12-13H2,1-6H3/b29-25-. The van der Waals surface area contributed by atoms with E-state index in [9.17, 15) is 0 Å². The van der Waals surface area contributed by atoms with Crippen LogP contribution in [0.25, 0.3) is 11.3 Å². The van der Waals surface area contributed by atoms with Crippen LogP contribution in [-0.4, -0.2) is 36.9 Å². The van der Waals surface area contributed by atoms with Crippen LogP contribution in [0.15, 0.2) is 53.5 Å². The molecule has 0 aliphatic carbocycles. The summed E-state index contributed by atoms with van der Waals surface area (Å²) in [4.78, 5) is 12.5. The maximum Gasteiger partial charge on any atom is 0.207 e. The third-order valence-electron chi connectivity index (χ3n) is 6.01. The van der Waals surface area contributed by atoms with E-state index in [1.54, 1.807) is 14.2 Å². The van der Waals surface area contributed by atoms with E-state index in [2.05, 4.69) is 54.5 Å². The lowest BCUT2D eigenvalue weighted by molar-refractivity contribution is 0.355. The molecule has 6 heteroatoms. The zero-order valence-electron chi connectivity index (χ0n) is 20.3. The second-order valence-corrected chi connectivity index (χ2v) is 8.49. The molecule has 1 aliphatic rings. The van der Waals surface area contributed by atoms with Crippen LogP contribution in [0.4, 0.5) is 11.6 Å². The van der Waals surface area contributed by atoms with Crippen molar-refractivity contribution in [3.8, 4) is 22.8 Å². The van der Waals surface area contributed by atoms with Crippen LogP contribution >= 0.6 is 0 Å². The summed E-state index contributed by atoms with van der Waals surface area (Å²) >= 11 is 0. The third-order valence-corrected chi connectivity index (χ3v) is 6.01. The van der Waals surface area contributed by atoms with Crippen LogP contribution in [0.2, 0.25) is 0 Å². The molecule has 3 aromatic rings. The van der Waals surface area contributed by atoms with Crippen molar-refractivity contribution in [1.82, 2.24) is 9.55 Å². The molecule has 0 radical (unpaired) electrons. The van der Waals surface area contributed by atoms with Crippen molar-refractivity contribution in [2.75, 3.05) is 32.2 Å². The molecule has 0 atom stereocenters. The Morgan fingerprint density at radius 1 is 0.909 bits per heavy atom. The molecule has 0 saturated carbocycles. The molecule has 0 N–H and O–H groups in total. The predicted molar refractivity (Wildman–Crippen MR) is 134 cm³/mol. The minimum absolute atomic E-state index is 0.677. The summed E-state index contributed by atoms with van der Waals surface area (Å²) in [6, 6.07) is 12.3. The first-order chi connectivity index (χ1) is 15.9. The van der Waals surface area contributed by atoms with E-state index >= 15 is 0 Å². The fourth-order valence-electron chi connectivity index (χ4n) is 4.36. The Bertz CT molecular complexity index is 1250. The van der Waals surface area contributed by atoms with Crippen molar-refractivity contribution in [2.24, 2.45) is 12.0 Å². The molecule has 2 aromatic carbocycles. The molecule has 0 fully saturated rings. The van der Waals surface area contributed by atoms with Gasteiger partial charge >= 0.3 is 0 Å². The van der Waals surface area contributed by atoms with Crippen molar-refractivity contribution < 1.29 is 9.47 Å². The molecular formula is C27H32N4O2. The van der Waals surface area contributed by atoms with E-state index < -0.39 is 0 Å². The molecule has 1 aliphatic heterocycles. The molecule has 172 valence electrons. The Kier molecular flexibility index (Phi) is 6.54. The largest absolute Gasteiger partial charge is 0.493 e. The Hall–Kier alpha value is -3.54. The summed E-state index contributed by atoms with van der Waals surface area (Å²) in [6.45, 7) is 8.11. The highest BCUT2D eigenvalue weighted by Crippen LogP contribution is 2.32. The summed E-state index contributed by atoms with van der Waals surface area (Å²) in [5.74, 6) is 2.27. The maximum absolute atomic E-state index is 5.54. The quantitative estimate of drug-likeness (QED) is 0.518. The van der Waals surface area contributed by atoms with E-state index in [0.29, 0.717) is 11.5 Å². The Balaban J connectivity index is 1.95. The molecule has 0 spiro atoms. The fourth-order valence-corrected chi connectivity index (χ4v) is 4.36. The van der Waals surface area contributed by atoms with Crippen LogP contribution < -0.4 is 19.9 Å². The topological polar surface area (TPSA) is 51.9 Å². The number of benzene rings is 2. The first-order valence-corrected chi connectivity index (χ1v) is 11.2. The van der Waals surface area contributed by atoms with Gasteiger partial charge in [-0.3, -0.25) is 4.57 Å². The highest BCUT2D eigenvalue weighted by Gasteiger charge is 2.16. The predicted octanol–water partition coefficient (Wildman–Crippen LogP) is 5.03. The summed E-state index contributed by atoms with van der Waals surface area (Å²) in [5.41, 5.74) is 7.24. The van der Waals surface area contributed by atoms with Crippen LogP contribution in [0, 0.1) is 20.8 Å². The molecule has 4 rings (SSSR count). The van der Waals surface area contributed by atoms with Gasteiger partial charge in [-0.25, -0.2) is 9.98 Å². The Labute approximate surface area is 195 Å². The number of hydrogen-bond acceptors (Lipinski definition) is 5. The van der Waals surface area contributed by atoms with E-state index in [1.807, 2.05) is 31.3 Å². The monoisotopic (exact) mass is 444 g/mol. The molecule has 0 saturated heterocycles. The van der Waals surface area contributed by atoms with Gasteiger partial charge in [0.15, 0.2) is 11.5 Å². The molecule has 6 nitrogen and oxygen atoms in total. The molecule has 0 amide bonds. The number of hydrogen-bond donors (Lipinski definition) is 0. The van der Waals surface area contributed by atoms with Crippen molar-refractivity contribution >= 4 is 11.6 Å². The maximum atomic E-state index is 5.54. The van der Waals surface area contributed by atoms with Crippen LogP contribution in [0.3, 0.4) is 0 Å². The number of nitrogens with zero attached hydrogens (tertiary/aromatic N) is 4. The van der Waals surface area contributed by atoms with Gasteiger partial charge in [-0.15, -0.1) is 0 Å². The molecule has 0 bridgehead atoms. The number of rotatable bonds is 5. The molecule has 0 unspecified atom stereocenters. The lowest BCUT2D eigenvalue weighted by atomic mass is 10.1. The Morgan fingerprint density at radius 2 is 1.64 bits per heavy atom. The SMILES string of the molecule is COc1ccc(-c2c/c(=N/c3c(C)cc(C)cc3C)n(C)c(N3CC=CCC3)n2)cc1OC. The van der Waals surface area contributed by atoms with Gasteiger partial charge in [0.25, 0.3) is 0 Å². The lowest BCUT2D eigenvalue weighted by Crippen LogP contribution is -2.34. The van der Waals surface area contributed by atoms with E-state index in [1.165, 1.54) is 16.7 Å². The smallest absolute Gasteiger partial charge is 0.207 e. The van der Waals surface area contributed by atoms with E-state index in [4.69, 9.17) is 19.5 Å². The number of ether oxygens (including phenoxy) is 2. The van der Waals surface area contributed by atoms with Gasteiger partial charge in [0.2, 0.25) is 5.95 Å². The average Bonchev–Trinajstić information content (AvgIpc) is 2.82. The minimum atomic E-state index is 0.677. The molecular weight excluding hydrogens is 412 g/mol. The van der Waals surface area contributed by atoms with Crippen LogP contribution in [0.5, 0.6) is 11.5 Å². The van der Waals surface area contributed by atoms with Crippen molar-refractivity contribution in [2.45, 2.75) is 27.2 Å². The molecule has 2 heterocycles. The lowest BCUT2D eigenvalue weighted by Gasteiger charge is -2.27. The van der Waals surface area contributed by atoms with Gasteiger partial charge in [0.1, 0.15) is 5.49 Å². The van der Waals surface area contributed by atoms with Gasteiger partial charge < -0.3 is 14.4 Å². The number of anilines is 1. The Morgan fingerprint density at radius 3 is 2.27 bits per heavy atom. The van der Waals surface area contributed by atoms with Gasteiger partial charge in [0.05, 0.1) is 25.6 Å². The zero-order valence-corrected chi connectivity index (χ0v) is 20.3. The number of aryl methyl sites for hydroxylation is 3. The third kappa shape index (κ3) is 4.65. The van der Waals surface area contributed by atoms with E-state index in [0.717, 1.165) is 47.9 Å². The summed E-state index contributed by atoms with van der Waals surface area (Å²) in [5, 5.41) is 0. The highest BCUT2D eigenvalue weighted by atomic mass is 16.5. The second-order valence-electron chi connectivity index (χ2n) is 8.49. The number of aromatic nitrogens is 2. The van der Waals surface area contributed by atoms with Gasteiger partial charge in [0, 0.05) is 31.8 Å². The van der Waals surface area contributed by atoms with E-state index in [-0.39, 0.29) is 0 Å². The van der Waals surface area contributed by atoms with Crippen molar-refractivity contribution in [1.29, 1.82) is 0 Å². The molecule has 1 aromatic heterocycles. The van der Waals surface area contributed by atoms with Gasteiger partial charge in [-0.2, -0.15) is 0 Å². The second kappa shape index (κ2) is 9.53. The van der Waals surface area contributed by atoms with Crippen molar-refractivity contribution in [3.63, 3.8) is 0 Å². The average molecular weight is 445 g/mol. The first-order valence-electron chi connectivity index (χ1n) is 11.2. The normalized spacial score (nSPS) is 14.0. The van der Waals surface area contributed by atoms with Crippen LogP contribution in [-0.2, 0) is 7.05 Å².